The average molecular weight is 627 g/mol. The minimum absolute atomic E-state index is 0.00831. The molecule has 1 aliphatic heterocycles. The molecule has 4 aliphatic carbocycles. The number of carbonyl (C=O) groups excluding carboxylic acids is 2. The average Bonchev–Trinajstić information content (AvgIpc) is 3.63. The van der Waals surface area contributed by atoms with E-state index < -0.39 is 0 Å². The highest BCUT2D eigenvalue weighted by Gasteiger charge is 2.59. The van der Waals surface area contributed by atoms with Crippen LogP contribution >= 0.6 is 0 Å². The van der Waals surface area contributed by atoms with E-state index >= 15 is 0 Å². The second kappa shape index (κ2) is 15.1. The Morgan fingerprint density at radius 2 is 1.82 bits per heavy atom. The molecule has 0 bridgehead atoms. The third-order valence-corrected chi connectivity index (χ3v) is 13.8. The summed E-state index contributed by atoms with van der Waals surface area (Å²) < 4.78 is 5.96. The topological polar surface area (TPSA) is 78.9 Å². The smallest absolute Gasteiger partial charge is 0.407 e. The number of hydrogen-bond acceptors (Lipinski definition) is 4. The third kappa shape index (κ3) is 7.62. The number of ether oxygens (including phenoxy) is 1. The number of amides is 2. The van der Waals surface area contributed by atoms with Gasteiger partial charge in [0.15, 0.2) is 0 Å². The number of hydrogen-bond donors (Lipinski definition) is 2. The summed E-state index contributed by atoms with van der Waals surface area (Å²) in [6.07, 6.45) is 21.3. The Labute approximate surface area is 274 Å². The normalized spacial score (nSPS) is 36.6. The molecule has 9 atom stereocenters. The molecule has 0 aromatic rings. The van der Waals surface area contributed by atoms with Gasteiger partial charge in [0, 0.05) is 25.9 Å². The fraction of sp³-hybridized carbons (Fsp3) is 0.897. The van der Waals surface area contributed by atoms with Crippen LogP contribution in [0.5, 0.6) is 0 Å². The van der Waals surface area contributed by atoms with Crippen molar-refractivity contribution in [3.63, 3.8) is 0 Å². The largest absolute Gasteiger partial charge is 0.446 e. The molecule has 1 heterocycles. The van der Waals surface area contributed by atoms with E-state index in [9.17, 15) is 14.7 Å². The van der Waals surface area contributed by atoms with Gasteiger partial charge in [-0.15, -0.1) is 0 Å². The van der Waals surface area contributed by atoms with Gasteiger partial charge in [-0.2, -0.15) is 0 Å². The van der Waals surface area contributed by atoms with Gasteiger partial charge in [0.25, 0.3) is 0 Å². The number of unbranched alkanes of at least 4 members (excludes halogenated alkanes) is 2. The van der Waals surface area contributed by atoms with Crippen molar-refractivity contribution in [2.75, 3.05) is 19.7 Å². The molecule has 256 valence electrons. The van der Waals surface area contributed by atoms with Gasteiger partial charge < -0.3 is 20.1 Å². The summed E-state index contributed by atoms with van der Waals surface area (Å²) >= 11 is 0. The quantitative estimate of drug-likeness (QED) is 0.158. The summed E-state index contributed by atoms with van der Waals surface area (Å²) in [5.41, 5.74) is 2.36. The maximum Gasteiger partial charge on any atom is 0.407 e. The van der Waals surface area contributed by atoms with E-state index in [1.54, 1.807) is 5.57 Å². The van der Waals surface area contributed by atoms with Crippen molar-refractivity contribution in [2.24, 2.45) is 46.3 Å². The number of aliphatic hydroxyl groups is 1. The predicted octanol–water partition coefficient (Wildman–Crippen LogP) is 8.67. The first-order valence-corrected chi connectivity index (χ1v) is 19.1. The molecule has 0 radical (unpaired) electrons. The Balaban J connectivity index is 1.05. The summed E-state index contributed by atoms with van der Waals surface area (Å²) in [5, 5.41) is 12.4. The van der Waals surface area contributed by atoms with Crippen molar-refractivity contribution < 1.29 is 19.4 Å². The molecule has 6 heteroatoms. The minimum Gasteiger partial charge on any atom is -0.446 e. The molecule has 6 nitrogen and oxygen atoms in total. The highest BCUT2D eigenvalue weighted by Crippen LogP contribution is 2.67. The van der Waals surface area contributed by atoms with E-state index in [-0.39, 0.29) is 36.2 Å². The molecule has 0 aromatic heterocycles. The first-order valence-electron chi connectivity index (χ1n) is 19.1. The van der Waals surface area contributed by atoms with E-state index in [2.05, 4.69) is 46.0 Å². The molecular formula is C39H66N2O4. The Bertz CT molecular complexity index is 1040. The van der Waals surface area contributed by atoms with Gasteiger partial charge in [-0.3, -0.25) is 4.79 Å². The highest BCUT2D eigenvalue weighted by molar-refractivity contribution is 5.76. The summed E-state index contributed by atoms with van der Waals surface area (Å²) in [4.78, 5) is 27.0. The minimum atomic E-state index is -0.287. The van der Waals surface area contributed by atoms with Crippen LogP contribution in [0.15, 0.2) is 11.6 Å². The zero-order valence-electron chi connectivity index (χ0n) is 29.5. The molecule has 2 N–H and O–H groups in total. The number of carbonyl (C=O) groups is 2. The third-order valence-electron chi connectivity index (χ3n) is 13.8. The second-order valence-corrected chi connectivity index (χ2v) is 16.9. The zero-order chi connectivity index (χ0) is 32.2. The van der Waals surface area contributed by atoms with Crippen LogP contribution in [-0.4, -0.2) is 53.8 Å². The van der Waals surface area contributed by atoms with Crippen LogP contribution < -0.4 is 5.32 Å². The maximum absolute atomic E-state index is 12.7. The molecule has 5 rings (SSSR count). The van der Waals surface area contributed by atoms with Crippen LogP contribution in [0, 0.1) is 46.3 Å². The maximum atomic E-state index is 12.7. The van der Waals surface area contributed by atoms with Crippen LogP contribution in [0.2, 0.25) is 0 Å². The number of nitrogens with zero attached hydrogens (tertiary/aromatic N) is 1. The lowest BCUT2D eigenvalue weighted by atomic mass is 9.47. The van der Waals surface area contributed by atoms with Crippen molar-refractivity contribution in [3.05, 3.63) is 11.6 Å². The van der Waals surface area contributed by atoms with Crippen molar-refractivity contribution in [1.82, 2.24) is 10.2 Å². The first-order chi connectivity index (χ1) is 21.6. The van der Waals surface area contributed by atoms with Gasteiger partial charge in [-0.05, 0) is 117 Å². The second-order valence-electron chi connectivity index (χ2n) is 16.9. The predicted molar refractivity (Wildman–Crippen MR) is 182 cm³/mol. The highest BCUT2D eigenvalue weighted by atomic mass is 16.6. The van der Waals surface area contributed by atoms with Gasteiger partial charge in [0.2, 0.25) is 5.91 Å². The van der Waals surface area contributed by atoms with Gasteiger partial charge >= 0.3 is 6.09 Å². The Hall–Kier alpha value is -1.56. The molecule has 0 aromatic carbocycles. The number of aliphatic hydroxyl groups excluding tert-OH is 1. The van der Waals surface area contributed by atoms with E-state index in [1.165, 1.54) is 51.4 Å². The Morgan fingerprint density at radius 3 is 2.60 bits per heavy atom. The molecular weight excluding hydrogens is 560 g/mol. The lowest BCUT2D eigenvalue weighted by molar-refractivity contribution is -0.132. The summed E-state index contributed by atoms with van der Waals surface area (Å²) in [6.45, 7) is 13.9. The fourth-order valence-corrected chi connectivity index (χ4v) is 11.2. The van der Waals surface area contributed by atoms with Crippen LogP contribution in [0.3, 0.4) is 0 Å². The van der Waals surface area contributed by atoms with E-state index in [0.717, 1.165) is 93.4 Å². The van der Waals surface area contributed by atoms with E-state index in [0.29, 0.717) is 18.4 Å². The van der Waals surface area contributed by atoms with Crippen molar-refractivity contribution in [2.45, 2.75) is 156 Å². The monoisotopic (exact) mass is 627 g/mol. The lowest BCUT2D eigenvalue weighted by Crippen LogP contribution is -2.51. The molecule has 45 heavy (non-hydrogen) atoms. The Morgan fingerprint density at radius 1 is 1.00 bits per heavy atom. The zero-order valence-corrected chi connectivity index (χ0v) is 29.5. The molecule has 4 fully saturated rings. The van der Waals surface area contributed by atoms with Gasteiger partial charge in [0.1, 0.15) is 6.10 Å². The van der Waals surface area contributed by atoms with Gasteiger partial charge in [-0.1, -0.05) is 72.0 Å². The number of fused-ring (bicyclic) bond motifs is 5. The van der Waals surface area contributed by atoms with Crippen molar-refractivity contribution in [3.8, 4) is 0 Å². The van der Waals surface area contributed by atoms with E-state index in [1.807, 2.05) is 4.90 Å². The molecule has 1 saturated heterocycles. The lowest BCUT2D eigenvalue weighted by Gasteiger charge is -2.58. The molecule has 8 unspecified atom stereocenters. The van der Waals surface area contributed by atoms with Crippen LogP contribution in [0.25, 0.3) is 0 Å². The number of alkyl carbamates (subject to hydrolysis) is 1. The molecule has 0 spiro atoms. The number of rotatable bonds is 13. The summed E-state index contributed by atoms with van der Waals surface area (Å²) in [5.74, 6) is 5.21. The summed E-state index contributed by atoms with van der Waals surface area (Å²) in [7, 11) is 0. The molecule has 2 amide bonds. The number of likely N-dealkylation sites (tertiary alicyclic amines) is 1. The number of nitrogens with one attached hydrogen (secondary N) is 1. The van der Waals surface area contributed by atoms with Crippen LogP contribution in [-0.2, 0) is 9.53 Å². The van der Waals surface area contributed by atoms with Gasteiger partial charge in [-0.25, -0.2) is 4.79 Å². The standard InChI is InChI=1S/C39H66N2O4/c1-27(2)11-9-12-28(3)33-17-18-34-32-16-15-29-25-31(19-21-38(29,4)35(32)20-22-39(33,34)5)45-37(44)40-23-8-6-7-14-36(43)41-24-10-13-30(41)26-42/h15,27-28,30-35,42H,6-14,16-26H2,1-5H3,(H,40,44)/t28-,30?,31?,32?,33?,34?,35?,38?,39?/m1/s1. The first kappa shape index (κ1) is 34.8. The fourth-order valence-electron chi connectivity index (χ4n) is 11.2. The molecule has 5 aliphatic rings. The van der Waals surface area contributed by atoms with Crippen LogP contribution in [0.4, 0.5) is 4.79 Å². The van der Waals surface area contributed by atoms with Gasteiger partial charge in [0.05, 0.1) is 12.6 Å². The van der Waals surface area contributed by atoms with Crippen LogP contribution in [0.1, 0.15) is 144 Å². The Kier molecular flexibility index (Phi) is 11.7. The van der Waals surface area contributed by atoms with Crippen molar-refractivity contribution in [1.29, 1.82) is 0 Å². The van der Waals surface area contributed by atoms with E-state index in [4.69, 9.17) is 4.74 Å². The molecule has 3 saturated carbocycles. The van der Waals surface area contributed by atoms with Crippen molar-refractivity contribution >= 4 is 12.0 Å². The SMILES string of the molecule is CC(C)CCC[C@@H](C)C1CCC2C3CC=C4CC(OC(=O)NCCCCCC(=O)N5CCCC5CO)CCC4(C)C3CCC21C. The number of allylic oxidation sites excluding steroid dienone is 1. The summed E-state index contributed by atoms with van der Waals surface area (Å²) in [6, 6.07) is 0.00831.